The lowest BCUT2D eigenvalue weighted by molar-refractivity contribution is 0.303. The van der Waals surface area contributed by atoms with Crippen molar-refractivity contribution in [2.75, 3.05) is 31.5 Å². The van der Waals surface area contributed by atoms with E-state index in [1.165, 1.54) is 21.7 Å². The number of halogens is 2. The maximum absolute atomic E-state index is 6.14. The Kier molecular flexibility index (Phi) is 9.93. The van der Waals surface area contributed by atoms with Crippen LogP contribution in [-0.2, 0) is 0 Å². The van der Waals surface area contributed by atoms with E-state index in [-0.39, 0.29) is 4.70 Å². The van der Waals surface area contributed by atoms with Crippen LogP contribution in [0.2, 0.25) is 5.15 Å². The molecule has 12 heteroatoms. The number of fused-ring (bicyclic) bond motifs is 6. The molecule has 0 amide bonds. The van der Waals surface area contributed by atoms with Gasteiger partial charge in [-0.05, 0) is 116 Å². The van der Waals surface area contributed by atoms with Crippen LogP contribution in [0, 0.1) is 13.8 Å². The van der Waals surface area contributed by atoms with Crippen molar-refractivity contribution in [1.82, 2.24) is 44.8 Å². The Labute approximate surface area is 287 Å². The first kappa shape index (κ1) is 33.6. The third-order valence-corrected chi connectivity index (χ3v) is 9.38. The minimum Gasteiger partial charge on any atom is -0.370 e. The van der Waals surface area contributed by atoms with E-state index in [1.807, 2.05) is 55.7 Å². The molecule has 0 aliphatic carbocycles. The van der Waals surface area contributed by atoms with Crippen molar-refractivity contribution < 1.29 is 4.70 Å². The number of pyridine rings is 4. The van der Waals surface area contributed by atoms with E-state index >= 15 is 0 Å². The van der Waals surface area contributed by atoms with E-state index < -0.39 is 0 Å². The second-order valence-corrected chi connectivity index (χ2v) is 12.1. The molecule has 0 atom stereocenters. The number of hydrogen-bond acceptors (Lipinski definition) is 8. The average molecular weight is 677 g/mol. The minimum absolute atomic E-state index is 0. The Bertz CT molecular complexity index is 2400. The maximum Gasteiger partial charge on any atom is 0.183 e. The van der Waals surface area contributed by atoms with Crippen LogP contribution in [-0.4, -0.2) is 71.0 Å². The lowest BCUT2D eigenvalue weighted by Crippen LogP contribution is -2.25. The largest absolute Gasteiger partial charge is 0.370 e. The average Bonchev–Trinajstić information content (AvgIpc) is 3.72. The molecule has 0 saturated carbocycles. The SMILES string of the molecule is CCN(CC)CCCNc1nccc2c(C)c3[nH]c4ncccc4c3cc12.Cc1c(-n2nnc3cccnc32)ccc2c(Cl)nccc12.F. The van der Waals surface area contributed by atoms with Crippen molar-refractivity contribution in [3.63, 3.8) is 0 Å². The highest BCUT2D eigenvalue weighted by molar-refractivity contribution is 6.34. The van der Waals surface area contributed by atoms with Gasteiger partial charge in [-0.3, -0.25) is 4.70 Å². The van der Waals surface area contributed by atoms with Crippen LogP contribution in [0.4, 0.5) is 10.5 Å². The normalized spacial score (nSPS) is 11.4. The first-order valence-corrected chi connectivity index (χ1v) is 16.7. The Morgan fingerprint density at radius 2 is 1.53 bits per heavy atom. The van der Waals surface area contributed by atoms with Gasteiger partial charge in [0.2, 0.25) is 0 Å². The number of benzene rings is 2. The number of nitrogens with zero attached hydrogens (tertiary/aromatic N) is 8. The minimum atomic E-state index is 0. The number of anilines is 1. The number of aromatic amines is 1. The summed E-state index contributed by atoms with van der Waals surface area (Å²) < 4.78 is 1.75. The summed E-state index contributed by atoms with van der Waals surface area (Å²) in [6.45, 7) is 12.9. The van der Waals surface area contributed by atoms with E-state index in [0.717, 1.165) is 88.2 Å². The zero-order chi connectivity index (χ0) is 33.2. The van der Waals surface area contributed by atoms with Crippen molar-refractivity contribution in [3.8, 4) is 5.69 Å². The summed E-state index contributed by atoms with van der Waals surface area (Å²) in [5.41, 5.74) is 6.85. The Balaban J connectivity index is 0.000000171. The zero-order valence-electron chi connectivity index (χ0n) is 27.9. The maximum atomic E-state index is 6.14. The molecule has 0 aliphatic heterocycles. The number of nitrogens with one attached hydrogen (secondary N) is 2. The van der Waals surface area contributed by atoms with Gasteiger partial charge >= 0.3 is 0 Å². The summed E-state index contributed by atoms with van der Waals surface area (Å²) in [7, 11) is 0. The van der Waals surface area contributed by atoms with Gasteiger partial charge in [-0.1, -0.05) is 30.7 Å². The quantitative estimate of drug-likeness (QED) is 0.122. The molecule has 6 heterocycles. The third kappa shape index (κ3) is 6.34. The highest BCUT2D eigenvalue weighted by atomic mass is 35.5. The predicted molar refractivity (Wildman–Crippen MR) is 199 cm³/mol. The molecule has 8 rings (SSSR count). The molecule has 250 valence electrons. The molecule has 8 aromatic rings. The first-order chi connectivity index (χ1) is 23.5. The number of rotatable bonds is 8. The molecule has 6 aromatic heterocycles. The van der Waals surface area contributed by atoms with Crippen LogP contribution < -0.4 is 5.32 Å². The fourth-order valence-corrected chi connectivity index (χ4v) is 6.64. The van der Waals surface area contributed by atoms with Crippen LogP contribution in [0.25, 0.3) is 60.3 Å². The highest BCUT2D eigenvalue weighted by Crippen LogP contribution is 2.34. The zero-order valence-corrected chi connectivity index (χ0v) is 28.7. The molecular formula is C37H38ClFN10. The van der Waals surface area contributed by atoms with Gasteiger partial charge in [0, 0.05) is 52.9 Å². The second kappa shape index (κ2) is 14.5. The molecule has 10 nitrogen and oxygen atoms in total. The predicted octanol–water partition coefficient (Wildman–Crippen LogP) is 8.19. The molecule has 0 fully saturated rings. The lowest BCUT2D eigenvalue weighted by Gasteiger charge is -2.18. The van der Waals surface area contributed by atoms with Crippen molar-refractivity contribution >= 4 is 72.1 Å². The van der Waals surface area contributed by atoms with Crippen molar-refractivity contribution in [3.05, 3.63) is 95.7 Å². The molecular weight excluding hydrogens is 639 g/mol. The molecule has 49 heavy (non-hydrogen) atoms. The lowest BCUT2D eigenvalue weighted by atomic mass is 10.0. The van der Waals surface area contributed by atoms with Gasteiger partial charge in [-0.15, -0.1) is 5.10 Å². The van der Waals surface area contributed by atoms with E-state index in [0.29, 0.717) is 5.15 Å². The number of H-pyrrole nitrogens is 1. The molecule has 0 bridgehead atoms. The summed E-state index contributed by atoms with van der Waals surface area (Å²) >= 11 is 6.14. The van der Waals surface area contributed by atoms with Crippen LogP contribution in [0.3, 0.4) is 0 Å². The number of hydrogen-bond donors (Lipinski definition) is 2. The van der Waals surface area contributed by atoms with Gasteiger partial charge in [0.05, 0.1) is 11.2 Å². The van der Waals surface area contributed by atoms with Crippen molar-refractivity contribution in [2.24, 2.45) is 0 Å². The summed E-state index contributed by atoms with van der Waals surface area (Å²) in [4.78, 5) is 23.5. The summed E-state index contributed by atoms with van der Waals surface area (Å²) in [5, 5.41) is 19.2. The summed E-state index contributed by atoms with van der Waals surface area (Å²) in [6.07, 6.45) is 8.28. The molecule has 0 radical (unpaired) electrons. The van der Waals surface area contributed by atoms with Crippen LogP contribution in [0.15, 0.2) is 79.4 Å². The van der Waals surface area contributed by atoms with Gasteiger partial charge < -0.3 is 15.2 Å². The molecule has 2 aromatic carbocycles. The van der Waals surface area contributed by atoms with E-state index in [9.17, 15) is 0 Å². The second-order valence-electron chi connectivity index (χ2n) is 11.8. The molecule has 0 saturated heterocycles. The summed E-state index contributed by atoms with van der Waals surface area (Å²) in [6, 6.07) is 18.1. The van der Waals surface area contributed by atoms with E-state index in [2.05, 4.69) is 84.4 Å². The monoisotopic (exact) mass is 676 g/mol. The Morgan fingerprint density at radius 1 is 0.776 bits per heavy atom. The highest BCUT2D eigenvalue weighted by Gasteiger charge is 2.14. The first-order valence-electron chi connectivity index (χ1n) is 16.3. The van der Waals surface area contributed by atoms with E-state index in [4.69, 9.17) is 11.6 Å². The van der Waals surface area contributed by atoms with Gasteiger partial charge in [0.25, 0.3) is 0 Å². The van der Waals surface area contributed by atoms with Crippen molar-refractivity contribution in [1.29, 1.82) is 0 Å². The molecule has 0 aliphatic rings. The molecule has 0 unspecified atom stereocenters. The Morgan fingerprint density at radius 3 is 2.35 bits per heavy atom. The number of aromatic nitrogens is 8. The molecule has 0 spiro atoms. The Hall–Kier alpha value is -5.26. The topological polar surface area (TPSA) is 113 Å². The van der Waals surface area contributed by atoms with Gasteiger partial charge in [-0.25, -0.2) is 19.9 Å². The van der Waals surface area contributed by atoms with Crippen LogP contribution in [0.1, 0.15) is 31.4 Å². The van der Waals surface area contributed by atoms with Crippen molar-refractivity contribution in [2.45, 2.75) is 34.1 Å². The smallest absolute Gasteiger partial charge is 0.183 e. The number of aryl methyl sites for hydroxylation is 2. The fraction of sp³-hybridized carbons (Fsp3) is 0.243. The fourth-order valence-electron chi connectivity index (χ4n) is 6.42. The van der Waals surface area contributed by atoms with E-state index in [1.54, 1.807) is 17.1 Å². The molecule has 2 N–H and O–H groups in total. The summed E-state index contributed by atoms with van der Waals surface area (Å²) in [5.74, 6) is 0.968. The van der Waals surface area contributed by atoms with Crippen LogP contribution in [0.5, 0.6) is 0 Å². The van der Waals surface area contributed by atoms with Gasteiger partial charge in [0.1, 0.15) is 22.1 Å². The van der Waals surface area contributed by atoms with Gasteiger partial charge in [-0.2, -0.15) is 4.68 Å². The van der Waals surface area contributed by atoms with Crippen LogP contribution >= 0.6 is 11.6 Å². The standard InChI is InChI=1S/C22H27N5.C15H10ClN5.FH/c1-4-27(5-2)13-7-11-23-21-19-14-18-17-8-6-10-24-22(17)26-20(18)15(3)16(19)9-12-25-21;1-9-10-6-8-17-14(16)11(10)4-5-13(9)21-15-12(19-20-21)3-2-7-18-15;/h6,8-10,12,14H,4-5,7,11,13H2,1-3H3,(H,23,25)(H,24,26);2-8H,1H3;1H. The third-order valence-electron chi connectivity index (χ3n) is 9.08. The van der Waals surface area contributed by atoms with Gasteiger partial charge in [0.15, 0.2) is 5.65 Å².